The van der Waals surface area contributed by atoms with E-state index in [0.29, 0.717) is 18.5 Å². The molecule has 2 aliphatic rings. The first-order valence-electron chi connectivity index (χ1n) is 3.85. The fourth-order valence-electron chi connectivity index (χ4n) is 2.04. The van der Waals surface area contributed by atoms with E-state index in [4.69, 9.17) is 14.0 Å². The molecule has 0 aromatic carbocycles. The van der Waals surface area contributed by atoms with Gasteiger partial charge in [0.25, 0.3) is 0 Å². The van der Waals surface area contributed by atoms with Crippen LogP contribution in [0.5, 0.6) is 0 Å². The van der Waals surface area contributed by atoms with Crippen LogP contribution in [0.3, 0.4) is 0 Å². The first-order valence-corrected chi connectivity index (χ1v) is 4.62. The van der Waals surface area contributed by atoms with E-state index in [1.54, 1.807) is 7.11 Å². The zero-order valence-corrected chi connectivity index (χ0v) is 7.80. The Bertz CT molecular complexity index is 216. The van der Waals surface area contributed by atoms with Gasteiger partial charge < -0.3 is 19.1 Å². The molecular weight excluding hydrogens is 179 g/mol. The largest absolute Gasteiger partial charge is 0.383 e. The summed E-state index contributed by atoms with van der Waals surface area (Å²) in [6.07, 6.45) is 0.126. The molecule has 1 aliphatic carbocycles. The van der Waals surface area contributed by atoms with E-state index in [2.05, 4.69) is 0 Å². The maximum atomic E-state index is 9.92. The smallest absolute Gasteiger partial charge is 0.172 e. The number of hydrogen-bond acceptors (Lipinski definition) is 5. The van der Waals surface area contributed by atoms with Crippen LogP contribution in [0.2, 0.25) is 0 Å². The van der Waals surface area contributed by atoms with Crippen molar-refractivity contribution in [2.75, 3.05) is 7.11 Å². The molecule has 0 radical (unpaired) electrons. The summed E-state index contributed by atoms with van der Waals surface area (Å²) in [5.74, 6) is 0. The van der Waals surface area contributed by atoms with Crippen LogP contribution in [0.4, 0.5) is 0 Å². The molecule has 0 aromatic rings. The minimum Gasteiger partial charge on any atom is -0.383 e. The maximum Gasteiger partial charge on any atom is 0.172 e. The van der Waals surface area contributed by atoms with Crippen LogP contribution in [-0.2, 0) is 9.47 Å². The van der Waals surface area contributed by atoms with E-state index in [1.165, 1.54) is 0 Å². The molecule has 6 heteroatoms. The fourth-order valence-corrected chi connectivity index (χ4v) is 2.80. The van der Waals surface area contributed by atoms with Crippen molar-refractivity contribution in [3.63, 3.8) is 0 Å². The van der Waals surface area contributed by atoms with Crippen LogP contribution in [0.25, 0.3) is 0 Å². The lowest BCUT2D eigenvalue weighted by Crippen LogP contribution is -2.37. The number of rotatable bonds is 2. The summed E-state index contributed by atoms with van der Waals surface area (Å²) >= 11 is 0.578. The molecule has 0 aromatic heterocycles. The topological polar surface area (TPSA) is 58.9 Å². The average Bonchev–Trinajstić information content (AvgIpc) is 2.52. The molecule has 0 spiro atoms. The highest BCUT2D eigenvalue weighted by Gasteiger charge is 2.79. The van der Waals surface area contributed by atoms with Crippen molar-refractivity contribution in [1.82, 2.24) is 0 Å². The van der Waals surface area contributed by atoms with Crippen molar-refractivity contribution in [2.24, 2.45) is 0 Å². The van der Waals surface area contributed by atoms with E-state index in [9.17, 15) is 5.11 Å². The molecule has 1 saturated heterocycles. The second-order valence-corrected chi connectivity index (χ2v) is 4.27. The zero-order valence-electron chi connectivity index (χ0n) is 6.98. The average molecular weight is 190 g/mol. The van der Waals surface area contributed by atoms with Crippen LogP contribution in [0.15, 0.2) is 0 Å². The molecule has 68 valence electrons. The lowest BCUT2D eigenvalue weighted by Gasteiger charge is -2.18. The molecule has 12 heavy (non-hydrogen) atoms. The van der Waals surface area contributed by atoms with Crippen molar-refractivity contribution in [1.29, 1.82) is 0 Å². The van der Waals surface area contributed by atoms with Gasteiger partial charge in [-0.1, -0.05) is 0 Å². The molecular formula is C6H11BO4S. The highest BCUT2D eigenvalue weighted by molar-refractivity contribution is 7.95. The molecule has 2 rings (SSSR count). The van der Waals surface area contributed by atoms with E-state index in [1.807, 2.05) is 7.85 Å². The standard InChI is InChI=1S/C6H11BO4S/c1-10-3-4(7)11-6(12-9)2-5(3,6)8/h3-4,8-9H,2,7H2,1H3/t3-,4-,5-,6-/m1/s1. The summed E-state index contributed by atoms with van der Waals surface area (Å²) in [6, 6.07) is -0.159. The van der Waals surface area contributed by atoms with Gasteiger partial charge in [-0.25, -0.2) is 0 Å². The molecule has 2 N–H and O–H groups in total. The first-order chi connectivity index (χ1) is 5.59. The Morgan fingerprint density at radius 2 is 2.42 bits per heavy atom. The van der Waals surface area contributed by atoms with E-state index in [-0.39, 0.29) is 12.1 Å². The zero-order chi connectivity index (χ0) is 8.98. The lowest BCUT2D eigenvalue weighted by atomic mass is 9.91. The van der Waals surface area contributed by atoms with Crippen molar-refractivity contribution in [3.05, 3.63) is 0 Å². The van der Waals surface area contributed by atoms with Gasteiger partial charge in [0.05, 0.1) is 6.00 Å². The fraction of sp³-hybridized carbons (Fsp3) is 1.00. The van der Waals surface area contributed by atoms with Gasteiger partial charge in [-0.05, 0) is 0 Å². The molecule has 4 atom stereocenters. The van der Waals surface area contributed by atoms with Gasteiger partial charge >= 0.3 is 0 Å². The highest BCUT2D eigenvalue weighted by Crippen LogP contribution is 2.65. The summed E-state index contributed by atoms with van der Waals surface area (Å²) in [6.45, 7) is 0. The predicted octanol–water partition coefficient (Wildman–Crippen LogP) is -0.972. The molecule has 1 saturated carbocycles. The Hall–Kier alpha value is 0.255. The van der Waals surface area contributed by atoms with Gasteiger partial charge in [-0.15, -0.1) is 0 Å². The van der Waals surface area contributed by atoms with Gasteiger partial charge in [-0.2, -0.15) is 0 Å². The second-order valence-electron chi connectivity index (χ2n) is 3.42. The molecule has 4 nitrogen and oxygen atoms in total. The van der Waals surface area contributed by atoms with Crippen molar-refractivity contribution < 1.29 is 19.1 Å². The van der Waals surface area contributed by atoms with Gasteiger partial charge in [0.1, 0.15) is 19.6 Å². The Morgan fingerprint density at radius 3 is 2.75 bits per heavy atom. The van der Waals surface area contributed by atoms with E-state index < -0.39 is 10.5 Å². The summed E-state index contributed by atoms with van der Waals surface area (Å²) in [7, 11) is 3.37. The molecule has 2 fully saturated rings. The van der Waals surface area contributed by atoms with Gasteiger partial charge in [0.15, 0.2) is 4.93 Å². The molecule has 0 amide bonds. The van der Waals surface area contributed by atoms with Gasteiger partial charge in [-0.3, -0.25) is 0 Å². The van der Waals surface area contributed by atoms with Crippen LogP contribution in [0.1, 0.15) is 6.42 Å². The summed E-state index contributed by atoms with van der Waals surface area (Å²) in [5, 5.41) is 9.92. The number of aliphatic hydroxyl groups is 1. The summed E-state index contributed by atoms with van der Waals surface area (Å²) in [5.41, 5.74) is -0.986. The SMILES string of the molecule is B[C@@H]1O[C@@]2(SO)C[C@@]2(O)[C@@H]1OC. The number of ether oxygens (including phenoxy) is 2. The molecule has 1 aliphatic heterocycles. The number of methoxy groups -OCH3 is 1. The minimum absolute atomic E-state index is 0.159. The minimum atomic E-state index is -0.986. The third-order valence-electron chi connectivity index (χ3n) is 2.71. The second kappa shape index (κ2) is 2.39. The number of hydrogen-bond donors (Lipinski definition) is 2. The number of fused-ring (bicyclic) bond motifs is 1. The first kappa shape index (κ1) is 8.84. The van der Waals surface area contributed by atoms with Gasteiger partial charge in [0.2, 0.25) is 0 Å². The van der Waals surface area contributed by atoms with Gasteiger partial charge in [0, 0.05) is 25.6 Å². The molecule has 0 unspecified atom stereocenters. The van der Waals surface area contributed by atoms with E-state index >= 15 is 0 Å². The van der Waals surface area contributed by atoms with Crippen LogP contribution >= 0.6 is 12.0 Å². The monoisotopic (exact) mass is 190 g/mol. The van der Waals surface area contributed by atoms with Crippen molar-refractivity contribution in [2.45, 2.75) is 29.1 Å². The van der Waals surface area contributed by atoms with E-state index in [0.717, 1.165) is 0 Å². The van der Waals surface area contributed by atoms with Crippen LogP contribution in [-0.4, -0.2) is 47.3 Å². The normalized spacial score (nSPS) is 56.9. The molecule has 0 bridgehead atoms. The third kappa shape index (κ3) is 0.794. The lowest BCUT2D eigenvalue weighted by molar-refractivity contribution is -0.0276. The Labute approximate surface area is 75.9 Å². The highest BCUT2D eigenvalue weighted by atomic mass is 32.2. The van der Waals surface area contributed by atoms with Crippen LogP contribution < -0.4 is 0 Å². The molecule has 1 heterocycles. The predicted molar refractivity (Wildman–Crippen MR) is 46.7 cm³/mol. The van der Waals surface area contributed by atoms with Crippen molar-refractivity contribution in [3.8, 4) is 0 Å². The van der Waals surface area contributed by atoms with Crippen molar-refractivity contribution >= 4 is 19.9 Å². The third-order valence-corrected chi connectivity index (χ3v) is 3.60. The Morgan fingerprint density at radius 1 is 1.75 bits per heavy atom. The van der Waals surface area contributed by atoms with Crippen LogP contribution in [0, 0.1) is 0 Å². The summed E-state index contributed by atoms with van der Waals surface area (Å²) < 4.78 is 19.5. The maximum absolute atomic E-state index is 9.92. The quantitative estimate of drug-likeness (QED) is 0.433. The Kier molecular flexibility index (Phi) is 1.76. The summed E-state index contributed by atoms with van der Waals surface area (Å²) in [4.78, 5) is -0.812. The Balaban J connectivity index is 2.21.